The SMILES string of the molecule is [CH2]C(=NOCC)NC=O. The van der Waals surface area contributed by atoms with Crippen LogP contribution in [0.4, 0.5) is 0 Å². The van der Waals surface area contributed by atoms with Crippen LogP contribution in [0.15, 0.2) is 5.16 Å². The van der Waals surface area contributed by atoms with Crippen molar-refractivity contribution in [2.24, 2.45) is 5.16 Å². The third-order valence-corrected chi connectivity index (χ3v) is 0.529. The second-order valence-electron chi connectivity index (χ2n) is 1.22. The summed E-state index contributed by atoms with van der Waals surface area (Å²) in [4.78, 5) is 14.2. The molecule has 0 rings (SSSR count). The maximum atomic E-state index is 9.69. The van der Waals surface area contributed by atoms with Crippen LogP contribution < -0.4 is 5.32 Å². The van der Waals surface area contributed by atoms with Crippen molar-refractivity contribution in [1.82, 2.24) is 5.32 Å². The summed E-state index contributed by atoms with van der Waals surface area (Å²) >= 11 is 0. The molecule has 0 saturated heterocycles. The summed E-state index contributed by atoms with van der Waals surface area (Å²) in [5, 5.41) is 5.61. The Kier molecular flexibility index (Phi) is 4.49. The maximum Gasteiger partial charge on any atom is 0.212 e. The largest absolute Gasteiger partial charge is 0.395 e. The van der Waals surface area contributed by atoms with E-state index in [4.69, 9.17) is 0 Å². The van der Waals surface area contributed by atoms with Crippen molar-refractivity contribution in [3.63, 3.8) is 0 Å². The van der Waals surface area contributed by atoms with E-state index in [1.54, 1.807) is 6.92 Å². The summed E-state index contributed by atoms with van der Waals surface area (Å²) in [6, 6.07) is 0. The van der Waals surface area contributed by atoms with E-state index < -0.39 is 0 Å². The number of carbonyl (C=O) groups excluding carboxylic acids is 1. The molecule has 4 nitrogen and oxygen atoms in total. The first-order chi connectivity index (χ1) is 4.31. The van der Waals surface area contributed by atoms with Crippen LogP contribution in [0, 0.1) is 6.92 Å². The Morgan fingerprint density at radius 3 is 3.11 bits per heavy atom. The van der Waals surface area contributed by atoms with E-state index in [-0.39, 0.29) is 5.84 Å². The Bertz CT molecular complexity index is 112. The first-order valence-corrected chi connectivity index (χ1v) is 2.53. The van der Waals surface area contributed by atoms with Gasteiger partial charge in [-0.3, -0.25) is 4.79 Å². The highest BCUT2D eigenvalue weighted by Crippen LogP contribution is 1.73. The number of amidine groups is 1. The van der Waals surface area contributed by atoms with E-state index in [1.807, 2.05) is 0 Å². The molecule has 0 aromatic heterocycles. The number of carbonyl (C=O) groups is 1. The van der Waals surface area contributed by atoms with E-state index >= 15 is 0 Å². The highest BCUT2D eigenvalue weighted by Gasteiger charge is 1.83. The number of amides is 1. The maximum absolute atomic E-state index is 9.69. The quantitative estimate of drug-likeness (QED) is 0.251. The zero-order valence-electron chi connectivity index (χ0n) is 5.26. The van der Waals surface area contributed by atoms with E-state index in [0.29, 0.717) is 13.0 Å². The summed E-state index contributed by atoms with van der Waals surface area (Å²) < 4.78 is 0. The lowest BCUT2D eigenvalue weighted by Gasteiger charge is -1.94. The Morgan fingerprint density at radius 2 is 2.67 bits per heavy atom. The zero-order valence-corrected chi connectivity index (χ0v) is 5.26. The minimum Gasteiger partial charge on any atom is -0.395 e. The van der Waals surface area contributed by atoms with Gasteiger partial charge in [-0.2, -0.15) is 0 Å². The second-order valence-corrected chi connectivity index (χ2v) is 1.22. The Balaban J connectivity index is 3.42. The molecule has 0 unspecified atom stereocenters. The highest BCUT2D eigenvalue weighted by molar-refractivity contribution is 5.93. The van der Waals surface area contributed by atoms with Crippen LogP contribution in [0.25, 0.3) is 0 Å². The van der Waals surface area contributed by atoms with Crippen LogP contribution in [0.1, 0.15) is 6.92 Å². The number of nitrogens with zero attached hydrogens (tertiary/aromatic N) is 1. The lowest BCUT2D eigenvalue weighted by molar-refractivity contribution is -0.108. The van der Waals surface area contributed by atoms with Gasteiger partial charge in [0.2, 0.25) is 6.41 Å². The molecule has 0 spiro atoms. The van der Waals surface area contributed by atoms with Gasteiger partial charge in [-0.15, -0.1) is 0 Å². The average Bonchev–Trinajstić information content (AvgIpc) is 1.85. The molecule has 1 N–H and O–H groups in total. The van der Waals surface area contributed by atoms with Gasteiger partial charge in [0.15, 0.2) is 0 Å². The normalized spacial score (nSPS) is 10.7. The summed E-state index contributed by atoms with van der Waals surface area (Å²) in [5.74, 6) is 0.215. The molecule has 0 aromatic rings. The minimum absolute atomic E-state index is 0.215. The smallest absolute Gasteiger partial charge is 0.212 e. The van der Waals surface area contributed by atoms with Crippen molar-refractivity contribution in [2.45, 2.75) is 6.92 Å². The van der Waals surface area contributed by atoms with Crippen LogP contribution in [-0.2, 0) is 9.63 Å². The lowest BCUT2D eigenvalue weighted by atomic mass is 10.7. The fourth-order valence-electron chi connectivity index (χ4n) is 0.237. The molecular weight excluding hydrogens is 120 g/mol. The van der Waals surface area contributed by atoms with Crippen LogP contribution in [0.5, 0.6) is 0 Å². The predicted molar refractivity (Wildman–Crippen MR) is 33.6 cm³/mol. The first kappa shape index (κ1) is 7.94. The van der Waals surface area contributed by atoms with E-state index in [2.05, 4.69) is 22.2 Å². The highest BCUT2D eigenvalue weighted by atomic mass is 16.6. The lowest BCUT2D eigenvalue weighted by Crippen LogP contribution is -2.18. The summed E-state index contributed by atoms with van der Waals surface area (Å²) in [6.45, 7) is 5.61. The van der Waals surface area contributed by atoms with Crippen molar-refractivity contribution >= 4 is 12.2 Å². The first-order valence-electron chi connectivity index (χ1n) is 2.53. The van der Waals surface area contributed by atoms with Gasteiger partial charge in [0.05, 0.1) is 0 Å². The third kappa shape index (κ3) is 4.80. The molecule has 1 amide bonds. The van der Waals surface area contributed by atoms with E-state index in [1.165, 1.54) is 0 Å². The molecule has 0 aliphatic carbocycles. The van der Waals surface area contributed by atoms with Gasteiger partial charge >= 0.3 is 0 Å². The van der Waals surface area contributed by atoms with Gasteiger partial charge in [-0.05, 0) is 6.92 Å². The molecular formula is C5H9N2O2. The molecule has 1 radical (unpaired) electrons. The van der Waals surface area contributed by atoms with E-state index in [9.17, 15) is 4.79 Å². The number of hydrogen-bond acceptors (Lipinski definition) is 3. The number of nitrogens with one attached hydrogen (secondary N) is 1. The van der Waals surface area contributed by atoms with Gasteiger partial charge in [0, 0.05) is 6.92 Å². The Morgan fingerprint density at radius 1 is 2.00 bits per heavy atom. The molecule has 4 heteroatoms. The molecule has 0 saturated carbocycles. The van der Waals surface area contributed by atoms with Gasteiger partial charge in [0.25, 0.3) is 0 Å². The third-order valence-electron chi connectivity index (χ3n) is 0.529. The second kappa shape index (κ2) is 5.08. The monoisotopic (exact) mass is 129 g/mol. The van der Waals surface area contributed by atoms with Crippen molar-refractivity contribution in [3.05, 3.63) is 6.92 Å². The topological polar surface area (TPSA) is 50.7 Å². The van der Waals surface area contributed by atoms with Gasteiger partial charge in [0.1, 0.15) is 12.4 Å². The fourth-order valence-corrected chi connectivity index (χ4v) is 0.237. The summed E-state index contributed by atoms with van der Waals surface area (Å²) in [7, 11) is 0. The molecule has 0 atom stereocenters. The predicted octanol–water partition coefficient (Wildman–Crippen LogP) is -0.0835. The minimum atomic E-state index is 0.215. The number of hydrogen-bond donors (Lipinski definition) is 1. The van der Waals surface area contributed by atoms with E-state index in [0.717, 1.165) is 0 Å². The van der Waals surface area contributed by atoms with Crippen LogP contribution in [-0.4, -0.2) is 18.9 Å². The number of rotatable bonds is 3. The van der Waals surface area contributed by atoms with Crippen molar-refractivity contribution < 1.29 is 9.63 Å². The van der Waals surface area contributed by atoms with Gasteiger partial charge in [-0.25, -0.2) is 0 Å². The van der Waals surface area contributed by atoms with Crippen molar-refractivity contribution in [2.75, 3.05) is 6.61 Å². The Labute approximate surface area is 53.9 Å². The van der Waals surface area contributed by atoms with Gasteiger partial charge < -0.3 is 10.2 Å². The molecule has 0 bridgehead atoms. The van der Waals surface area contributed by atoms with Crippen molar-refractivity contribution in [3.8, 4) is 0 Å². The average molecular weight is 129 g/mol. The molecule has 0 fully saturated rings. The molecule has 0 aliphatic heterocycles. The molecule has 0 aromatic carbocycles. The van der Waals surface area contributed by atoms with Crippen LogP contribution >= 0.6 is 0 Å². The number of oxime groups is 1. The van der Waals surface area contributed by atoms with Crippen LogP contribution in [0.3, 0.4) is 0 Å². The van der Waals surface area contributed by atoms with Crippen molar-refractivity contribution in [1.29, 1.82) is 0 Å². The van der Waals surface area contributed by atoms with Gasteiger partial charge in [-0.1, -0.05) is 5.16 Å². The molecule has 51 valence electrons. The molecule has 0 aliphatic rings. The molecule has 9 heavy (non-hydrogen) atoms. The van der Waals surface area contributed by atoms with Crippen LogP contribution in [0.2, 0.25) is 0 Å². The standard InChI is InChI=1S/C5H9N2O2/c1-3-9-7-5(2)6-4-8/h4H,2-3H2,1H3,(H,6,7,8). The fraction of sp³-hybridized carbons (Fsp3) is 0.400. The summed E-state index contributed by atoms with van der Waals surface area (Å²) in [6.07, 6.45) is 0.491. The summed E-state index contributed by atoms with van der Waals surface area (Å²) in [5.41, 5.74) is 0. The molecule has 0 heterocycles. The Hall–Kier alpha value is -1.06. The zero-order chi connectivity index (χ0) is 7.11.